The fraction of sp³-hybridized carbons (Fsp3) is 0.731. The van der Waals surface area contributed by atoms with Crippen LogP contribution in [0.4, 0.5) is 0 Å². The summed E-state index contributed by atoms with van der Waals surface area (Å²) in [5.41, 5.74) is 2.86. The Bertz CT molecular complexity index is 702. The molecular weight excluding hydrogens is 386 g/mol. The molecule has 3 fully saturated rings. The molecule has 0 saturated carbocycles. The predicted molar refractivity (Wildman–Crippen MR) is 125 cm³/mol. The summed E-state index contributed by atoms with van der Waals surface area (Å²) in [4.78, 5) is 20.3. The summed E-state index contributed by atoms with van der Waals surface area (Å²) in [5.74, 6) is 1.22. The highest BCUT2D eigenvalue weighted by Gasteiger charge is 2.32. The highest BCUT2D eigenvalue weighted by molar-refractivity contribution is 5.78. The zero-order chi connectivity index (χ0) is 21.6. The highest BCUT2D eigenvalue weighted by Crippen LogP contribution is 2.26. The van der Waals surface area contributed by atoms with E-state index in [1.807, 2.05) is 11.9 Å². The zero-order valence-electron chi connectivity index (χ0n) is 19.6. The average molecular weight is 428 g/mol. The lowest BCUT2D eigenvalue weighted by molar-refractivity contribution is -0.137. The van der Waals surface area contributed by atoms with Crippen LogP contribution in [0.2, 0.25) is 0 Å². The van der Waals surface area contributed by atoms with Crippen LogP contribution in [0, 0.1) is 18.8 Å². The number of likely N-dealkylation sites (tertiary alicyclic amines) is 2. The van der Waals surface area contributed by atoms with E-state index in [2.05, 4.69) is 41.0 Å². The molecule has 0 bridgehead atoms. The van der Waals surface area contributed by atoms with Crippen LogP contribution in [0.5, 0.6) is 0 Å². The number of carbonyl (C=O) groups is 1. The quantitative estimate of drug-likeness (QED) is 0.696. The minimum Gasteiger partial charge on any atom is -0.381 e. The molecule has 1 amide bonds. The van der Waals surface area contributed by atoms with Crippen LogP contribution in [-0.4, -0.2) is 79.6 Å². The number of aryl methyl sites for hydroxylation is 1. The second-order valence-electron chi connectivity index (χ2n) is 10.0. The molecule has 31 heavy (non-hydrogen) atoms. The number of benzene rings is 1. The largest absolute Gasteiger partial charge is 0.381 e. The van der Waals surface area contributed by atoms with Crippen molar-refractivity contribution >= 4 is 5.91 Å². The smallest absolute Gasteiger partial charge is 0.225 e. The number of ether oxygens (including phenoxy) is 1. The lowest BCUT2D eigenvalue weighted by Gasteiger charge is -2.42. The van der Waals surface area contributed by atoms with Crippen LogP contribution in [0.1, 0.15) is 49.7 Å². The van der Waals surface area contributed by atoms with E-state index in [4.69, 9.17) is 4.74 Å². The molecular formula is C26H41N3O2. The van der Waals surface area contributed by atoms with Crippen molar-refractivity contribution in [2.75, 3.05) is 53.0 Å². The van der Waals surface area contributed by atoms with Crippen molar-refractivity contribution in [1.29, 1.82) is 0 Å². The van der Waals surface area contributed by atoms with Crippen LogP contribution in [0.25, 0.3) is 0 Å². The second kappa shape index (κ2) is 10.9. The summed E-state index contributed by atoms with van der Waals surface area (Å²) in [5, 5.41) is 0. The Hall–Kier alpha value is -1.43. The van der Waals surface area contributed by atoms with E-state index < -0.39 is 0 Å². The minimum absolute atomic E-state index is 0.224. The third kappa shape index (κ3) is 6.09. The molecule has 0 radical (unpaired) electrons. The number of carbonyl (C=O) groups excluding carboxylic acids is 1. The Labute approximate surface area is 188 Å². The van der Waals surface area contributed by atoms with Crippen LogP contribution < -0.4 is 0 Å². The molecule has 3 aliphatic heterocycles. The van der Waals surface area contributed by atoms with E-state index >= 15 is 0 Å². The van der Waals surface area contributed by atoms with Gasteiger partial charge in [-0.2, -0.15) is 0 Å². The van der Waals surface area contributed by atoms with E-state index in [-0.39, 0.29) is 5.92 Å². The van der Waals surface area contributed by atoms with Gasteiger partial charge in [-0.25, -0.2) is 0 Å². The molecule has 1 aromatic rings. The Kier molecular flexibility index (Phi) is 8.02. The number of hydrogen-bond donors (Lipinski definition) is 0. The van der Waals surface area contributed by atoms with Gasteiger partial charge < -0.3 is 14.5 Å². The molecule has 5 heteroatoms. The molecule has 0 aliphatic carbocycles. The van der Waals surface area contributed by atoms with E-state index in [0.717, 1.165) is 65.1 Å². The first-order valence-electron chi connectivity index (χ1n) is 12.4. The van der Waals surface area contributed by atoms with Gasteiger partial charge in [-0.15, -0.1) is 0 Å². The summed E-state index contributed by atoms with van der Waals surface area (Å²) >= 11 is 0. The predicted octanol–water partition coefficient (Wildman–Crippen LogP) is 3.56. The number of piperidine rings is 2. The summed E-state index contributed by atoms with van der Waals surface area (Å²) < 4.78 is 5.46. The lowest BCUT2D eigenvalue weighted by Crippen LogP contribution is -2.49. The summed E-state index contributed by atoms with van der Waals surface area (Å²) in [7, 11) is 2.01. The second-order valence-corrected chi connectivity index (χ2v) is 10.0. The summed E-state index contributed by atoms with van der Waals surface area (Å²) in [6, 6.07) is 9.46. The van der Waals surface area contributed by atoms with Crippen LogP contribution in [0.15, 0.2) is 24.3 Å². The third-order valence-electron chi connectivity index (χ3n) is 7.86. The first kappa shape index (κ1) is 22.8. The minimum atomic E-state index is 0.224. The SMILES string of the molecule is Cc1ccccc1CN1CCC(N2CCC(C(=O)N(C)CC3CCOCC3)CC2)CC1. The van der Waals surface area contributed by atoms with Crippen molar-refractivity contribution in [2.45, 2.75) is 58.0 Å². The van der Waals surface area contributed by atoms with E-state index in [1.54, 1.807) is 0 Å². The van der Waals surface area contributed by atoms with Gasteiger partial charge >= 0.3 is 0 Å². The first-order valence-corrected chi connectivity index (χ1v) is 12.4. The highest BCUT2D eigenvalue weighted by atomic mass is 16.5. The maximum atomic E-state index is 13.0. The molecule has 3 saturated heterocycles. The topological polar surface area (TPSA) is 36.0 Å². The molecule has 3 aliphatic rings. The third-order valence-corrected chi connectivity index (χ3v) is 7.86. The van der Waals surface area contributed by atoms with Gasteiger partial charge in [-0.1, -0.05) is 24.3 Å². The van der Waals surface area contributed by atoms with Gasteiger partial charge in [0.25, 0.3) is 0 Å². The van der Waals surface area contributed by atoms with Crippen LogP contribution in [-0.2, 0) is 16.1 Å². The average Bonchev–Trinajstić information content (AvgIpc) is 2.81. The molecule has 0 N–H and O–H groups in total. The maximum Gasteiger partial charge on any atom is 0.225 e. The van der Waals surface area contributed by atoms with Gasteiger partial charge in [0.05, 0.1) is 0 Å². The molecule has 172 valence electrons. The van der Waals surface area contributed by atoms with Crippen molar-refractivity contribution in [3.8, 4) is 0 Å². The Morgan fingerprint density at radius 1 is 1.00 bits per heavy atom. The van der Waals surface area contributed by atoms with E-state index in [0.29, 0.717) is 17.9 Å². The van der Waals surface area contributed by atoms with Crippen molar-refractivity contribution in [3.63, 3.8) is 0 Å². The summed E-state index contributed by atoms with van der Waals surface area (Å²) in [6.07, 6.45) is 6.76. The molecule has 3 heterocycles. The van der Waals surface area contributed by atoms with Gasteiger partial charge in [0, 0.05) is 45.3 Å². The maximum absolute atomic E-state index is 13.0. The van der Waals surface area contributed by atoms with Gasteiger partial charge in [0.15, 0.2) is 0 Å². The number of nitrogens with zero attached hydrogens (tertiary/aromatic N) is 3. The molecule has 5 nitrogen and oxygen atoms in total. The van der Waals surface area contributed by atoms with Gasteiger partial charge in [0.1, 0.15) is 0 Å². The van der Waals surface area contributed by atoms with Gasteiger partial charge in [-0.05, 0) is 88.7 Å². The first-order chi connectivity index (χ1) is 15.1. The Morgan fingerprint density at radius 3 is 2.35 bits per heavy atom. The standard InChI is InChI=1S/C26H41N3O2/c1-21-5-3-4-6-24(21)20-28-13-9-25(10-14-28)29-15-7-23(8-16-29)26(30)27(2)19-22-11-17-31-18-12-22/h3-6,22-23,25H,7-20H2,1-2H3. The fourth-order valence-electron chi connectivity index (χ4n) is 5.70. The Morgan fingerprint density at radius 2 is 1.68 bits per heavy atom. The van der Waals surface area contributed by atoms with E-state index in [1.165, 1.54) is 37.1 Å². The lowest BCUT2D eigenvalue weighted by atomic mass is 9.91. The van der Waals surface area contributed by atoms with E-state index in [9.17, 15) is 4.79 Å². The monoisotopic (exact) mass is 427 g/mol. The van der Waals surface area contributed by atoms with Crippen LogP contribution >= 0.6 is 0 Å². The normalized spacial score (nSPS) is 23.2. The molecule has 0 aromatic heterocycles. The van der Waals surface area contributed by atoms with Crippen molar-refractivity contribution in [2.24, 2.45) is 11.8 Å². The number of rotatable bonds is 6. The Balaban J connectivity index is 1.18. The molecule has 4 rings (SSSR count). The van der Waals surface area contributed by atoms with Crippen molar-refractivity contribution in [1.82, 2.24) is 14.7 Å². The van der Waals surface area contributed by atoms with Gasteiger partial charge in [0.2, 0.25) is 5.91 Å². The molecule has 0 unspecified atom stereocenters. The molecule has 0 spiro atoms. The zero-order valence-corrected chi connectivity index (χ0v) is 19.6. The number of amides is 1. The summed E-state index contributed by atoms with van der Waals surface area (Å²) in [6.45, 7) is 10.5. The molecule has 0 atom stereocenters. The fourth-order valence-corrected chi connectivity index (χ4v) is 5.70. The van der Waals surface area contributed by atoms with Crippen molar-refractivity contribution < 1.29 is 9.53 Å². The van der Waals surface area contributed by atoms with Crippen LogP contribution in [0.3, 0.4) is 0 Å². The number of hydrogen-bond acceptors (Lipinski definition) is 4. The molecule has 1 aromatic carbocycles. The van der Waals surface area contributed by atoms with Crippen molar-refractivity contribution in [3.05, 3.63) is 35.4 Å². The van der Waals surface area contributed by atoms with Gasteiger partial charge in [-0.3, -0.25) is 9.69 Å².